The smallest absolute Gasteiger partial charge is 0.383 e. The Hall–Kier alpha value is -3.33. The van der Waals surface area contributed by atoms with Gasteiger partial charge in [-0.25, -0.2) is 13.2 Å². The third kappa shape index (κ3) is 9.92. The predicted octanol–water partition coefficient (Wildman–Crippen LogP) is 8.58. The van der Waals surface area contributed by atoms with Crippen molar-refractivity contribution in [2.24, 2.45) is 4.99 Å². The molecule has 0 spiro atoms. The van der Waals surface area contributed by atoms with E-state index in [0.717, 1.165) is 18.3 Å². The van der Waals surface area contributed by atoms with Crippen LogP contribution in [0.2, 0.25) is 0 Å². The summed E-state index contributed by atoms with van der Waals surface area (Å²) in [6.45, 7) is 9.65. The van der Waals surface area contributed by atoms with E-state index in [2.05, 4.69) is 59.7 Å². The zero-order valence-electron chi connectivity index (χ0n) is 23.2. The average molecular weight is 578 g/mol. The molecule has 2 aromatic carbocycles. The van der Waals surface area contributed by atoms with Gasteiger partial charge in [0.05, 0.1) is 0 Å². The highest BCUT2D eigenvalue weighted by atomic mass is 19.4. The lowest BCUT2D eigenvalue weighted by Crippen LogP contribution is -2.34. The molecule has 1 unspecified atom stereocenters. The fourth-order valence-corrected chi connectivity index (χ4v) is 4.92. The van der Waals surface area contributed by atoms with Crippen LogP contribution in [-0.2, 0) is 6.54 Å². The summed E-state index contributed by atoms with van der Waals surface area (Å²) < 4.78 is 74.0. The Balaban J connectivity index is 0.000000171. The number of halogens is 6. The van der Waals surface area contributed by atoms with Crippen molar-refractivity contribution in [3.8, 4) is 0 Å². The normalized spacial score (nSPS) is 19.9. The summed E-state index contributed by atoms with van der Waals surface area (Å²) in [6.07, 6.45) is 1.15. The molecule has 3 aliphatic rings. The second-order valence-corrected chi connectivity index (χ2v) is 10.4. The van der Waals surface area contributed by atoms with Crippen LogP contribution >= 0.6 is 0 Å². The molecular weight excluding hydrogens is 540 g/mol. The molecule has 0 amide bonds. The zero-order chi connectivity index (χ0) is 30.0. The Bertz CT molecular complexity index is 1210. The molecule has 1 aliphatic carbocycles. The molecule has 1 saturated heterocycles. The lowest BCUT2D eigenvalue weighted by atomic mass is 9.76. The maximum atomic E-state index is 13.1. The van der Waals surface area contributed by atoms with E-state index in [-0.39, 0.29) is 24.6 Å². The van der Waals surface area contributed by atoms with Gasteiger partial charge in [-0.1, -0.05) is 61.2 Å². The molecule has 1 atom stereocenters. The van der Waals surface area contributed by atoms with Gasteiger partial charge in [-0.2, -0.15) is 13.2 Å². The van der Waals surface area contributed by atoms with E-state index in [4.69, 9.17) is 0 Å². The molecule has 0 bridgehead atoms. The third-order valence-corrected chi connectivity index (χ3v) is 7.20. The van der Waals surface area contributed by atoms with Crippen molar-refractivity contribution in [1.29, 1.82) is 0 Å². The van der Waals surface area contributed by atoms with Crippen LogP contribution in [0.1, 0.15) is 55.6 Å². The van der Waals surface area contributed by atoms with E-state index in [0.29, 0.717) is 30.2 Å². The van der Waals surface area contributed by atoms with Gasteiger partial charge in [0.25, 0.3) is 0 Å². The molecule has 3 nitrogen and oxygen atoms in total. The highest BCUT2D eigenvalue weighted by Gasteiger charge is 2.46. The summed E-state index contributed by atoms with van der Waals surface area (Å²) in [4.78, 5) is 5.81. The zero-order valence-corrected chi connectivity index (χ0v) is 23.2. The Kier molecular flexibility index (Phi) is 11.4. The van der Waals surface area contributed by atoms with Crippen molar-refractivity contribution in [2.45, 2.75) is 69.1 Å². The van der Waals surface area contributed by atoms with Crippen molar-refractivity contribution in [3.05, 3.63) is 108 Å². The first-order valence-corrected chi connectivity index (χ1v) is 13.6. The predicted molar refractivity (Wildman–Crippen MR) is 152 cm³/mol. The summed E-state index contributed by atoms with van der Waals surface area (Å²) in [5, 5.41) is 3.44. The number of alkyl halides is 5. The Labute approximate surface area is 238 Å². The molecule has 2 aliphatic heterocycles. The first kappa shape index (κ1) is 32.2. The molecule has 0 aromatic heterocycles. The van der Waals surface area contributed by atoms with Crippen LogP contribution in [0.5, 0.6) is 0 Å². The Morgan fingerprint density at radius 2 is 1.76 bits per heavy atom. The average Bonchev–Trinajstić information content (AvgIpc) is 3.57. The summed E-state index contributed by atoms with van der Waals surface area (Å²) in [7, 11) is 2.17. The minimum absolute atomic E-state index is 0.214. The van der Waals surface area contributed by atoms with E-state index in [1.54, 1.807) is 24.3 Å². The van der Waals surface area contributed by atoms with Crippen LogP contribution in [0, 0.1) is 5.82 Å². The fourth-order valence-electron chi connectivity index (χ4n) is 4.92. The number of nitrogens with zero attached hydrogens (tertiary/aromatic N) is 2. The molecule has 1 saturated carbocycles. The van der Waals surface area contributed by atoms with Crippen molar-refractivity contribution in [1.82, 2.24) is 10.2 Å². The van der Waals surface area contributed by atoms with E-state index >= 15 is 0 Å². The number of likely N-dealkylation sites (tertiary alicyclic amines) is 1. The summed E-state index contributed by atoms with van der Waals surface area (Å²) in [6, 6.07) is 17.1. The van der Waals surface area contributed by atoms with Crippen LogP contribution in [-0.4, -0.2) is 42.3 Å². The van der Waals surface area contributed by atoms with E-state index in [9.17, 15) is 26.3 Å². The standard InChI is InChI=1S/C14H20N2.C10H9F3.C8H8F3N/c1-12(14-9-6-10-16(14)2)15-11-13-7-4-3-5-8-13;11-9-4-2-1-3-8(9)7-5-10(12,13)6-7;1-2-3-6-4-5-7(12-6)8(9,10)11/h3-5,7-8,14-15H,1,6,9-11H2,2H3;1-4,7H,5-6H2;2,5H,1,3-4H2. The largest absolute Gasteiger partial charge is 0.433 e. The van der Waals surface area contributed by atoms with Crippen molar-refractivity contribution in [2.75, 3.05) is 13.6 Å². The van der Waals surface area contributed by atoms with Gasteiger partial charge in [0.15, 0.2) is 0 Å². The lowest BCUT2D eigenvalue weighted by molar-refractivity contribution is -0.0922. The van der Waals surface area contributed by atoms with Crippen LogP contribution in [0.15, 0.2) is 96.3 Å². The monoisotopic (exact) mass is 577 g/mol. The van der Waals surface area contributed by atoms with E-state index in [1.165, 1.54) is 31.0 Å². The van der Waals surface area contributed by atoms with Gasteiger partial charge < -0.3 is 5.32 Å². The van der Waals surface area contributed by atoms with Gasteiger partial charge in [-0.15, -0.1) is 6.58 Å². The van der Waals surface area contributed by atoms with E-state index < -0.39 is 17.8 Å². The first-order valence-electron chi connectivity index (χ1n) is 13.6. The lowest BCUT2D eigenvalue weighted by Gasteiger charge is -2.35. The molecular formula is C32H37F6N3. The molecule has 222 valence electrons. The quantitative estimate of drug-likeness (QED) is 0.264. The van der Waals surface area contributed by atoms with E-state index in [1.807, 2.05) is 6.07 Å². The number of hydrogen-bond acceptors (Lipinski definition) is 3. The Morgan fingerprint density at radius 1 is 1.10 bits per heavy atom. The molecule has 2 aromatic rings. The van der Waals surface area contributed by atoms with Crippen molar-refractivity contribution < 1.29 is 26.3 Å². The minimum Gasteiger partial charge on any atom is -0.383 e. The molecule has 2 heterocycles. The number of likely N-dealkylation sites (N-methyl/N-ethyl adjacent to an activating group) is 1. The molecule has 0 radical (unpaired) electrons. The number of allylic oxidation sites excluding steroid dienone is 3. The number of aliphatic imine (C=N–C) groups is 1. The molecule has 9 heteroatoms. The maximum absolute atomic E-state index is 13.1. The molecule has 5 rings (SSSR count). The van der Waals surface area contributed by atoms with Crippen molar-refractivity contribution >= 4 is 5.71 Å². The minimum atomic E-state index is -4.30. The highest BCUT2D eigenvalue weighted by molar-refractivity contribution is 5.90. The summed E-state index contributed by atoms with van der Waals surface area (Å²) in [5.74, 6) is -3.24. The van der Waals surface area contributed by atoms with Gasteiger partial charge in [-0.05, 0) is 55.6 Å². The number of rotatable bonds is 7. The van der Waals surface area contributed by atoms with Gasteiger partial charge in [0, 0.05) is 49.7 Å². The molecule has 41 heavy (non-hydrogen) atoms. The number of nitrogens with one attached hydrogen (secondary N) is 1. The number of benzene rings is 2. The number of hydrogen-bond donors (Lipinski definition) is 1. The van der Waals surface area contributed by atoms with Gasteiger partial charge >= 0.3 is 6.18 Å². The summed E-state index contributed by atoms with van der Waals surface area (Å²) in [5.41, 5.74) is 2.64. The van der Waals surface area contributed by atoms with Gasteiger partial charge in [-0.3, -0.25) is 9.89 Å². The first-order chi connectivity index (χ1) is 19.4. The van der Waals surface area contributed by atoms with Gasteiger partial charge in [0.2, 0.25) is 5.92 Å². The SMILES string of the molecule is C=C(NCc1ccccc1)C1CCCN1C.C=CCC1=NC(C(F)(F)F)=CC1.Fc1ccccc1C1CC(F)(F)C1. The summed E-state index contributed by atoms with van der Waals surface area (Å²) >= 11 is 0. The molecule has 1 N–H and O–H groups in total. The third-order valence-electron chi connectivity index (χ3n) is 7.20. The fraction of sp³-hybridized carbons (Fsp3) is 0.406. The maximum Gasteiger partial charge on any atom is 0.433 e. The highest BCUT2D eigenvalue weighted by Crippen LogP contribution is 2.48. The van der Waals surface area contributed by atoms with Crippen LogP contribution in [0.25, 0.3) is 0 Å². The van der Waals surface area contributed by atoms with Crippen molar-refractivity contribution in [3.63, 3.8) is 0 Å². The van der Waals surface area contributed by atoms with Crippen LogP contribution < -0.4 is 5.32 Å². The topological polar surface area (TPSA) is 27.6 Å². The Morgan fingerprint density at radius 3 is 2.29 bits per heavy atom. The van der Waals surface area contributed by atoms with Crippen LogP contribution in [0.4, 0.5) is 26.3 Å². The second kappa shape index (κ2) is 14.5. The second-order valence-electron chi connectivity index (χ2n) is 10.4. The molecule has 2 fully saturated rings. The van der Waals surface area contributed by atoms with Crippen LogP contribution in [0.3, 0.4) is 0 Å². The van der Waals surface area contributed by atoms with Gasteiger partial charge in [0.1, 0.15) is 11.5 Å².